The summed E-state index contributed by atoms with van der Waals surface area (Å²) in [6, 6.07) is 9.31. The van der Waals surface area contributed by atoms with E-state index in [0.29, 0.717) is 17.9 Å². The molecule has 3 rings (SSSR count). The second kappa shape index (κ2) is 7.84. The molecule has 0 aliphatic carbocycles. The Labute approximate surface area is 153 Å². The van der Waals surface area contributed by atoms with Crippen molar-refractivity contribution >= 4 is 34.9 Å². The smallest absolute Gasteiger partial charge is 0.256 e. The van der Waals surface area contributed by atoms with Crippen LogP contribution in [-0.4, -0.2) is 32.5 Å². The average molecular weight is 379 g/mol. The van der Waals surface area contributed by atoms with Gasteiger partial charge in [0.25, 0.3) is 5.91 Å². The lowest BCUT2D eigenvalue weighted by Gasteiger charge is -2.17. The van der Waals surface area contributed by atoms with Crippen molar-refractivity contribution in [2.75, 3.05) is 12.0 Å². The highest BCUT2D eigenvalue weighted by Gasteiger charge is 2.23. The number of carbonyl (C=O) groups excluding carboxylic acids is 1. The van der Waals surface area contributed by atoms with Gasteiger partial charge in [0.15, 0.2) is 11.5 Å². The summed E-state index contributed by atoms with van der Waals surface area (Å²) in [6.07, 6.45) is 4.45. The zero-order chi connectivity index (χ0) is 17.8. The number of carbonyl (C=O) groups is 1. The molecule has 5 nitrogen and oxygen atoms in total. The summed E-state index contributed by atoms with van der Waals surface area (Å²) in [5.74, 6) is 0.185. The van der Waals surface area contributed by atoms with E-state index >= 15 is 0 Å². The van der Waals surface area contributed by atoms with Gasteiger partial charge in [0.2, 0.25) is 0 Å². The highest BCUT2D eigenvalue weighted by atomic mass is 35.5. The van der Waals surface area contributed by atoms with E-state index in [9.17, 15) is 9.18 Å². The van der Waals surface area contributed by atoms with Gasteiger partial charge in [-0.3, -0.25) is 9.20 Å². The minimum Gasteiger partial charge on any atom is -0.342 e. The van der Waals surface area contributed by atoms with E-state index in [4.69, 9.17) is 11.6 Å². The number of hydrogen-bond donors (Lipinski definition) is 1. The van der Waals surface area contributed by atoms with Crippen molar-refractivity contribution in [3.05, 3.63) is 64.8 Å². The molecule has 25 heavy (non-hydrogen) atoms. The van der Waals surface area contributed by atoms with Crippen LogP contribution in [0.1, 0.15) is 28.6 Å². The molecule has 0 aliphatic heterocycles. The van der Waals surface area contributed by atoms with Gasteiger partial charge in [-0.05, 0) is 42.7 Å². The molecule has 2 heterocycles. The average Bonchev–Trinajstić information content (AvgIpc) is 3.02. The number of fused-ring (bicyclic) bond motifs is 1. The lowest BCUT2D eigenvalue weighted by atomic mass is 10.1. The quantitative estimate of drug-likeness (QED) is 0.709. The summed E-state index contributed by atoms with van der Waals surface area (Å²) in [5.41, 5.74) is 0.525. The Hall–Kier alpha value is -2.12. The number of pyridine rings is 1. The van der Waals surface area contributed by atoms with Crippen LogP contribution in [0.2, 0.25) is 5.02 Å². The molecule has 0 saturated carbocycles. The van der Waals surface area contributed by atoms with Crippen LogP contribution in [0.4, 0.5) is 4.39 Å². The number of nitrogens with one attached hydrogen (secondary N) is 1. The fraction of sp³-hybridized carbons (Fsp3) is 0.235. The fourth-order valence-electron chi connectivity index (χ4n) is 2.54. The molecule has 3 aromatic rings. The molecule has 0 spiro atoms. The third kappa shape index (κ3) is 3.77. The first kappa shape index (κ1) is 17.7. The second-order valence-corrected chi connectivity index (χ2v) is 6.78. The Bertz CT molecular complexity index is 881. The first-order chi connectivity index (χ1) is 12.1. The van der Waals surface area contributed by atoms with Gasteiger partial charge >= 0.3 is 0 Å². The molecule has 1 unspecified atom stereocenters. The van der Waals surface area contributed by atoms with Crippen molar-refractivity contribution in [1.82, 2.24) is 19.9 Å². The molecule has 0 fully saturated rings. The van der Waals surface area contributed by atoms with Gasteiger partial charge in [-0.1, -0.05) is 23.7 Å². The van der Waals surface area contributed by atoms with Crippen molar-refractivity contribution in [2.24, 2.45) is 0 Å². The topological polar surface area (TPSA) is 59.3 Å². The van der Waals surface area contributed by atoms with Gasteiger partial charge in [-0.2, -0.15) is 11.8 Å². The number of nitrogens with zero attached hydrogens (tertiary/aromatic N) is 3. The Morgan fingerprint density at radius 2 is 2.16 bits per heavy atom. The van der Waals surface area contributed by atoms with Gasteiger partial charge in [-0.25, -0.2) is 4.39 Å². The SMILES string of the molecule is CSCCC(NC(=O)c1c(F)cccc1Cl)c1nnc2ccccn12. The molecule has 130 valence electrons. The van der Waals surface area contributed by atoms with Gasteiger partial charge < -0.3 is 5.32 Å². The summed E-state index contributed by atoms with van der Waals surface area (Å²) in [4.78, 5) is 12.6. The molecule has 0 radical (unpaired) electrons. The van der Waals surface area contributed by atoms with Gasteiger partial charge in [-0.15, -0.1) is 10.2 Å². The molecule has 2 aromatic heterocycles. The van der Waals surface area contributed by atoms with Crippen molar-refractivity contribution in [3.63, 3.8) is 0 Å². The van der Waals surface area contributed by atoms with Crippen LogP contribution in [0.5, 0.6) is 0 Å². The van der Waals surface area contributed by atoms with Crippen LogP contribution in [0.25, 0.3) is 5.65 Å². The summed E-state index contributed by atoms with van der Waals surface area (Å²) >= 11 is 7.65. The van der Waals surface area contributed by atoms with E-state index in [-0.39, 0.29) is 10.6 Å². The van der Waals surface area contributed by atoms with E-state index in [1.807, 2.05) is 35.1 Å². The molecule has 1 amide bonds. The molecular weight excluding hydrogens is 363 g/mol. The Balaban J connectivity index is 1.92. The first-order valence-corrected chi connectivity index (χ1v) is 9.42. The van der Waals surface area contributed by atoms with E-state index in [1.54, 1.807) is 11.8 Å². The number of aromatic nitrogens is 3. The number of halogens is 2. The number of amides is 1. The molecule has 0 aliphatic rings. The number of benzene rings is 1. The second-order valence-electron chi connectivity index (χ2n) is 5.39. The minimum absolute atomic E-state index is 0.0761. The molecule has 1 atom stereocenters. The molecule has 0 saturated heterocycles. The fourth-order valence-corrected chi connectivity index (χ4v) is 3.26. The van der Waals surface area contributed by atoms with Crippen LogP contribution in [0, 0.1) is 5.82 Å². The molecule has 0 bridgehead atoms. The molecule has 8 heteroatoms. The van der Waals surface area contributed by atoms with Gasteiger partial charge in [0.1, 0.15) is 5.82 Å². The molecular formula is C17H16ClFN4OS. The monoisotopic (exact) mass is 378 g/mol. The third-order valence-electron chi connectivity index (χ3n) is 3.76. The lowest BCUT2D eigenvalue weighted by Crippen LogP contribution is -2.31. The molecule has 1 N–H and O–H groups in total. The van der Waals surface area contributed by atoms with Crippen molar-refractivity contribution in [3.8, 4) is 0 Å². The third-order valence-corrected chi connectivity index (χ3v) is 4.72. The zero-order valence-corrected chi connectivity index (χ0v) is 15.0. The number of thioether (sulfide) groups is 1. The van der Waals surface area contributed by atoms with E-state index < -0.39 is 17.8 Å². The van der Waals surface area contributed by atoms with Crippen molar-refractivity contribution < 1.29 is 9.18 Å². The summed E-state index contributed by atoms with van der Waals surface area (Å²) < 4.78 is 15.8. The molecule has 1 aromatic carbocycles. The summed E-state index contributed by atoms with van der Waals surface area (Å²) in [7, 11) is 0. The normalized spacial score (nSPS) is 12.3. The highest BCUT2D eigenvalue weighted by molar-refractivity contribution is 7.98. The Morgan fingerprint density at radius 1 is 1.32 bits per heavy atom. The predicted molar refractivity (Wildman–Crippen MR) is 97.6 cm³/mol. The highest BCUT2D eigenvalue weighted by Crippen LogP contribution is 2.22. The number of rotatable bonds is 6. The zero-order valence-electron chi connectivity index (χ0n) is 13.4. The maximum absolute atomic E-state index is 14.0. The van der Waals surface area contributed by atoms with E-state index in [2.05, 4.69) is 15.5 Å². The van der Waals surface area contributed by atoms with Crippen LogP contribution in [0.3, 0.4) is 0 Å². The van der Waals surface area contributed by atoms with Crippen LogP contribution < -0.4 is 5.32 Å². The van der Waals surface area contributed by atoms with E-state index in [0.717, 1.165) is 5.75 Å². The van der Waals surface area contributed by atoms with E-state index in [1.165, 1.54) is 18.2 Å². The first-order valence-electron chi connectivity index (χ1n) is 7.65. The number of hydrogen-bond acceptors (Lipinski definition) is 4. The van der Waals surface area contributed by atoms with Crippen molar-refractivity contribution in [2.45, 2.75) is 12.5 Å². The maximum Gasteiger partial charge on any atom is 0.256 e. The summed E-state index contributed by atoms with van der Waals surface area (Å²) in [5, 5.41) is 11.2. The predicted octanol–water partition coefficient (Wildman–Crippen LogP) is 3.75. The lowest BCUT2D eigenvalue weighted by molar-refractivity contribution is 0.0930. The van der Waals surface area contributed by atoms with Gasteiger partial charge in [0, 0.05) is 6.20 Å². The van der Waals surface area contributed by atoms with Crippen molar-refractivity contribution in [1.29, 1.82) is 0 Å². The van der Waals surface area contributed by atoms with Crippen LogP contribution >= 0.6 is 23.4 Å². The van der Waals surface area contributed by atoms with Crippen LogP contribution in [0.15, 0.2) is 42.6 Å². The largest absolute Gasteiger partial charge is 0.342 e. The Morgan fingerprint density at radius 3 is 2.92 bits per heavy atom. The van der Waals surface area contributed by atoms with Crippen LogP contribution in [-0.2, 0) is 0 Å². The van der Waals surface area contributed by atoms with Gasteiger partial charge in [0.05, 0.1) is 16.6 Å². The standard InChI is InChI=1S/C17H16ClFN4OS/c1-25-10-8-13(16-22-21-14-7-2-3-9-23(14)16)20-17(24)15-11(18)5-4-6-12(15)19/h2-7,9,13H,8,10H2,1H3,(H,20,24). The minimum atomic E-state index is -0.653. The Kier molecular flexibility index (Phi) is 5.55. The maximum atomic E-state index is 14.0. The summed E-state index contributed by atoms with van der Waals surface area (Å²) in [6.45, 7) is 0.